The molecular formula is C16H16BrFO. The van der Waals surface area contributed by atoms with Crippen molar-refractivity contribution >= 4 is 15.9 Å². The lowest BCUT2D eigenvalue weighted by Crippen LogP contribution is -2.28. The summed E-state index contributed by atoms with van der Waals surface area (Å²) < 4.78 is 14.6. The van der Waals surface area contributed by atoms with Crippen LogP contribution in [0, 0.1) is 5.82 Å². The first-order valence-corrected chi connectivity index (χ1v) is 7.06. The van der Waals surface area contributed by atoms with Gasteiger partial charge in [-0.3, -0.25) is 0 Å². The Morgan fingerprint density at radius 1 is 1.16 bits per heavy atom. The van der Waals surface area contributed by atoms with E-state index < -0.39 is 5.60 Å². The molecule has 0 saturated carbocycles. The monoisotopic (exact) mass is 322 g/mol. The molecule has 2 rings (SSSR count). The van der Waals surface area contributed by atoms with E-state index >= 15 is 0 Å². The third-order valence-corrected chi connectivity index (χ3v) is 3.88. The van der Waals surface area contributed by atoms with Crippen molar-refractivity contribution in [2.75, 3.05) is 0 Å². The molecule has 0 aliphatic carbocycles. The maximum absolute atomic E-state index is 13.8. The van der Waals surface area contributed by atoms with Gasteiger partial charge in [-0.25, -0.2) is 4.39 Å². The first-order chi connectivity index (χ1) is 9.05. The van der Waals surface area contributed by atoms with Gasteiger partial charge < -0.3 is 5.11 Å². The van der Waals surface area contributed by atoms with E-state index in [1.54, 1.807) is 12.1 Å². The van der Waals surface area contributed by atoms with E-state index in [-0.39, 0.29) is 12.2 Å². The highest BCUT2D eigenvalue weighted by atomic mass is 79.9. The summed E-state index contributed by atoms with van der Waals surface area (Å²) in [6.45, 7) is 1.91. The lowest BCUT2D eigenvalue weighted by molar-refractivity contribution is 0.0319. The van der Waals surface area contributed by atoms with Crippen molar-refractivity contribution in [1.82, 2.24) is 0 Å². The molecule has 0 spiro atoms. The van der Waals surface area contributed by atoms with E-state index in [1.165, 1.54) is 6.07 Å². The van der Waals surface area contributed by atoms with Crippen molar-refractivity contribution in [3.05, 3.63) is 69.9 Å². The summed E-state index contributed by atoms with van der Waals surface area (Å²) in [6.07, 6.45) is 0.793. The van der Waals surface area contributed by atoms with Crippen molar-refractivity contribution in [3.8, 4) is 0 Å². The van der Waals surface area contributed by atoms with Gasteiger partial charge in [0.15, 0.2) is 0 Å². The quantitative estimate of drug-likeness (QED) is 0.882. The van der Waals surface area contributed by atoms with Crippen molar-refractivity contribution in [2.45, 2.75) is 25.4 Å². The molecule has 100 valence electrons. The Hall–Kier alpha value is -1.19. The summed E-state index contributed by atoms with van der Waals surface area (Å²) in [5.41, 5.74) is 0.294. The summed E-state index contributed by atoms with van der Waals surface area (Å²) in [4.78, 5) is 0. The highest BCUT2D eigenvalue weighted by Crippen LogP contribution is 2.30. The van der Waals surface area contributed by atoms with Crippen LogP contribution < -0.4 is 0 Å². The minimum absolute atomic E-state index is 0.263. The molecule has 1 unspecified atom stereocenters. The molecule has 1 atom stereocenters. The second-order valence-electron chi connectivity index (χ2n) is 4.66. The standard InChI is InChI=1S/C16H16BrFO/c1-2-16(19,13-6-4-3-5-7-13)11-12-10-14(17)8-9-15(12)18/h3-10,19H,2,11H2,1H3. The summed E-state index contributed by atoms with van der Waals surface area (Å²) in [7, 11) is 0. The first kappa shape index (κ1) is 14.2. The van der Waals surface area contributed by atoms with Crippen LogP contribution in [0.25, 0.3) is 0 Å². The molecule has 19 heavy (non-hydrogen) atoms. The van der Waals surface area contributed by atoms with Crippen LogP contribution in [0.15, 0.2) is 53.0 Å². The Morgan fingerprint density at radius 2 is 1.84 bits per heavy atom. The molecule has 0 heterocycles. The normalized spacial score (nSPS) is 14.1. The Kier molecular flexibility index (Phi) is 4.38. The second kappa shape index (κ2) is 5.85. The van der Waals surface area contributed by atoms with Gasteiger partial charge in [-0.05, 0) is 35.7 Å². The topological polar surface area (TPSA) is 20.2 Å². The van der Waals surface area contributed by atoms with Gasteiger partial charge in [0.25, 0.3) is 0 Å². The zero-order valence-corrected chi connectivity index (χ0v) is 12.3. The Balaban J connectivity index is 2.36. The van der Waals surface area contributed by atoms with Crippen molar-refractivity contribution in [3.63, 3.8) is 0 Å². The lowest BCUT2D eigenvalue weighted by Gasteiger charge is -2.27. The molecule has 0 amide bonds. The van der Waals surface area contributed by atoms with Gasteiger partial charge in [-0.1, -0.05) is 53.2 Å². The fourth-order valence-corrected chi connectivity index (χ4v) is 2.58. The molecular weight excluding hydrogens is 307 g/mol. The van der Waals surface area contributed by atoms with Crippen molar-refractivity contribution < 1.29 is 9.50 Å². The zero-order valence-electron chi connectivity index (χ0n) is 10.7. The minimum atomic E-state index is -1.04. The summed E-state index contributed by atoms with van der Waals surface area (Å²) in [5, 5.41) is 10.8. The van der Waals surface area contributed by atoms with E-state index in [2.05, 4.69) is 15.9 Å². The molecule has 0 bridgehead atoms. The van der Waals surface area contributed by atoms with Crippen LogP contribution in [0.1, 0.15) is 24.5 Å². The summed E-state index contributed by atoms with van der Waals surface area (Å²) >= 11 is 3.33. The van der Waals surface area contributed by atoms with Crippen LogP contribution in [0.3, 0.4) is 0 Å². The number of hydrogen-bond donors (Lipinski definition) is 1. The highest BCUT2D eigenvalue weighted by molar-refractivity contribution is 9.10. The third-order valence-electron chi connectivity index (χ3n) is 3.39. The van der Waals surface area contributed by atoms with E-state index in [0.717, 1.165) is 10.0 Å². The molecule has 2 aromatic rings. The van der Waals surface area contributed by atoms with Gasteiger partial charge in [0.1, 0.15) is 5.82 Å². The minimum Gasteiger partial charge on any atom is -0.385 e. The molecule has 0 fully saturated rings. The lowest BCUT2D eigenvalue weighted by atomic mass is 9.85. The number of halogens is 2. The van der Waals surface area contributed by atoms with Gasteiger partial charge in [0, 0.05) is 10.9 Å². The van der Waals surface area contributed by atoms with Crippen LogP contribution in [-0.4, -0.2) is 5.11 Å². The molecule has 0 aliphatic rings. The number of aliphatic hydroxyl groups is 1. The number of rotatable bonds is 4. The van der Waals surface area contributed by atoms with Crippen LogP contribution in [-0.2, 0) is 12.0 Å². The van der Waals surface area contributed by atoms with Crippen LogP contribution in [0.2, 0.25) is 0 Å². The summed E-state index contributed by atoms with van der Waals surface area (Å²) in [6, 6.07) is 14.2. The first-order valence-electron chi connectivity index (χ1n) is 6.27. The van der Waals surface area contributed by atoms with Gasteiger partial charge in [0.05, 0.1) is 5.60 Å². The van der Waals surface area contributed by atoms with Gasteiger partial charge >= 0.3 is 0 Å². The maximum Gasteiger partial charge on any atom is 0.126 e. The second-order valence-corrected chi connectivity index (χ2v) is 5.58. The van der Waals surface area contributed by atoms with Crippen LogP contribution in [0.5, 0.6) is 0 Å². The van der Waals surface area contributed by atoms with E-state index in [1.807, 2.05) is 37.3 Å². The molecule has 1 nitrogen and oxygen atoms in total. The SMILES string of the molecule is CCC(O)(Cc1cc(Br)ccc1F)c1ccccc1. The van der Waals surface area contributed by atoms with Gasteiger partial charge in [-0.15, -0.1) is 0 Å². The smallest absolute Gasteiger partial charge is 0.126 e. The third kappa shape index (κ3) is 3.23. The van der Waals surface area contributed by atoms with Crippen molar-refractivity contribution in [2.24, 2.45) is 0 Å². The Labute approximate surface area is 121 Å². The number of hydrogen-bond acceptors (Lipinski definition) is 1. The summed E-state index contributed by atoms with van der Waals surface area (Å²) in [5.74, 6) is -0.286. The van der Waals surface area contributed by atoms with E-state index in [9.17, 15) is 9.50 Å². The van der Waals surface area contributed by atoms with Crippen LogP contribution >= 0.6 is 15.9 Å². The van der Waals surface area contributed by atoms with Gasteiger partial charge in [-0.2, -0.15) is 0 Å². The Bertz CT molecular complexity index is 556. The molecule has 0 aromatic heterocycles. The molecule has 2 aromatic carbocycles. The van der Waals surface area contributed by atoms with Crippen LogP contribution in [0.4, 0.5) is 4.39 Å². The predicted molar refractivity (Wildman–Crippen MR) is 78.4 cm³/mol. The molecule has 0 radical (unpaired) electrons. The average molecular weight is 323 g/mol. The van der Waals surface area contributed by atoms with Crippen molar-refractivity contribution in [1.29, 1.82) is 0 Å². The maximum atomic E-state index is 13.8. The fourth-order valence-electron chi connectivity index (χ4n) is 2.17. The molecule has 1 N–H and O–H groups in total. The Morgan fingerprint density at radius 3 is 2.47 bits per heavy atom. The van der Waals surface area contributed by atoms with E-state index in [0.29, 0.717) is 12.0 Å². The fraction of sp³-hybridized carbons (Fsp3) is 0.250. The van der Waals surface area contributed by atoms with E-state index in [4.69, 9.17) is 0 Å². The largest absolute Gasteiger partial charge is 0.385 e. The predicted octanol–water partition coefficient (Wildman–Crippen LogP) is 4.43. The molecule has 3 heteroatoms. The zero-order chi connectivity index (χ0) is 13.9. The van der Waals surface area contributed by atoms with Gasteiger partial charge in [0.2, 0.25) is 0 Å². The molecule has 0 aliphatic heterocycles. The molecule has 0 saturated heterocycles. The number of benzene rings is 2. The highest BCUT2D eigenvalue weighted by Gasteiger charge is 2.28. The average Bonchev–Trinajstić information content (AvgIpc) is 2.44.